The zero-order chi connectivity index (χ0) is 16.4. The van der Waals surface area contributed by atoms with E-state index in [0.29, 0.717) is 11.2 Å². The van der Waals surface area contributed by atoms with Crippen LogP contribution in [0.15, 0.2) is 67.1 Å². The topological polar surface area (TPSA) is 56.5 Å². The second-order valence-corrected chi connectivity index (χ2v) is 5.63. The highest BCUT2D eigenvalue weighted by molar-refractivity contribution is 7.71. The summed E-state index contributed by atoms with van der Waals surface area (Å²) in [6, 6.07) is 15.4. The first-order valence-electron chi connectivity index (χ1n) is 7.50. The van der Waals surface area contributed by atoms with E-state index in [4.69, 9.17) is 17.3 Å². The van der Waals surface area contributed by atoms with Crippen LogP contribution in [0.3, 0.4) is 0 Å². The largest absolute Gasteiger partial charge is 0.259 e. The normalized spacial score (nSPS) is 10.8. The molecule has 4 heterocycles. The molecule has 0 radical (unpaired) electrons. The van der Waals surface area contributed by atoms with Gasteiger partial charge in [0.15, 0.2) is 0 Å². The Kier molecular flexibility index (Phi) is 3.80. The van der Waals surface area contributed by atoms with Gasteiger partial charge in [0, 0.05) is 24.0 Å². The smallest absolute Gasteiger partial charge is 0.136 e. The quantitative estimate of drug-likeness (QED) is 0.536. The van der Waals surface area contributed by atoms with Crippen molar-refractivity contribution in [2.24, 2.45) is 0 Å². The third kappa shape index (κ3) is 2.68. The Morgan fingerprint density at radius 1 is 0.833 bits per heavy atom. The third-order valence-corrected chi connectivity index (χ3v) is 4.09. The van der Waals surface area contributed by atoms with Gasteiger partial charge in [0.1, 0.15) is 15.9 Å². The number of hydrogen-bond acceptors (Lipinski definition) is 5. The minimum absolute atomic E-state index is 0.504. The Balaban J connectivity index is 1.95. The van der Waals surface area contributed by atoms with Crippen molar-refractivity contribution in [1.29, 1.82) is 0 Å². The summed E-state index contributed by atoms with van der Waals surface area (Å²) < 4.78 is 2.43. The first-order chi connectivity index (χ1) is 11.8. The molecule has 6 heteroatoms. The summed E-state index contributed by atoms with van der Waals surface area (Å²) in [5, 5.41) is 5.60. The summed E-state index contributed by atoms with van der Waals surface area (Å²) in [4.78, 5) is 13.2. The molecule has 0 saturated carbocycles. The number of rotatable bonds is 3. The van der Waals surface area contributed by atoms with E-state index < -0.39 is 0 Å². The van der Waals surface area contributed by atoms with E-state index in [-0.39, 0.29) is 0 Å². The highest BCUT2D eigenvalue weighted by atomic mass is 32.1. The molecule has 0 aliphatic heterocycles. The molecule has 4 rings (SSSR count). The van der Waals surface area contributed by atoms with E-state index in [2.05, 4.69) is 15.0 Å². The standard InChI is InChI=1S/C18H13N5S/c24-18-14-7-5-11-21-16(14)17(15-8-2-4-10-20-15)22-23(18)12-13-6-1-3-9-19-13/h1-11H,12H2. The first-order valence-corrected chi connectivity index (χ1v) is 7.91. The highest BCUT2D eigenvalue weighted by Gasteiger charge is 2.12. The number of nitrogens with zero attached hydrogens (tertiary/aromatic N) is 5. The molecule has 0 aliphatic carbocycles. The molecule has 0 unspecified atom stereocenters. The predicted octanol–water partition coefficient (Wildman–Crippen LogP) is 3.67. The molecule has 0 bridgehead atoms. The lowest BCUT2D eigenvalue weighted by atomic mass is 10.2. The van der Waals surface area contributed by atoms with Gasteiger partial charge in [0.25, 0.3) is 0 Å². The summed E-state index contributed by atoms with van der Waals surface area (Å²) in [7, 11) is 0. The molecule has 4 aromatic rings. The van der Waals surface area contributed by atoms with Crippen LogP contribution in [-0.4, -0.2) is 24.7 Å². The van der Waals surface area contributed by atoms with Crippen molar-refractivity contribution in [1.82, 2.24) is 24.7 Å². The lowest BCUT2D eigenvalue weighted by Gasteiger charge is -2.11. The van der Waals surface area contributed by atoms with Crippen molar-refractivity contribution in [3.63, 3.8) is 0 Å². The van der Waals surface area contributed by atoms with Crippen molar-refractivity contribution in [3.8, 4) is 11.4 Å². The van der Waals surface area contributed by atoms with Crippen LogP contribution >= 0.6 is 12.2 Å². The van der Waals surface area contributed by atoms with Gasteiger partial charge < -0.3 is 0 Å². The molecule has 0 aliphatic rings. The third-order valence-electron chi connectivity index (χ3n) is 3.66. The van der Waals surface area contributed by atoms with Crippen LogP contribution < -0.4 is 0 Å². The van der Waals surface area contributed by atoms with Gasteiger partial charge in [0.2, 0.25) is 0 Å². The van der Waals surface area contributed by atoms with Gasteiger partial charge in [-0.15, -0.1) is 0 Å². The highest BCUT2D eigenvalue weighted by Crippen LogP contribution is 2.24. The second-order valence-electron chi connectivity index (χ2n) is 5.25. The Hall–Kier alpha value is -2.99. The van der Waals surface area contributed by atoms with Crippen LogP contribution in [0.5, 0.6) is 0 Å². The Morgan fingerprint density at radius 3 is 2.38 bits per heavy atom. The summed E-state index contributed by atoms with van der Waals surface area (Å²) in [6.07, 6.45) is 5.26. The van der Waals surface area contributed by atoms with Crippen LogP contribution in [0.25, 0.3) is 22.3 Å². The minimum Gasteiger partial charge on any atom is -0.259 e. The fourth-order valence-electron chi connectivity index (χ4n) is 2.55. The van der Waals surface area contributed by atoms with Crippen LogP contribution in [0, 0.1) is 4.64 Å². The maximum atomic E-state index is 5.61. The summed E-state index contributed by atoms with van der Waals surface area (Å²) >= 11 is 5.61. The fourth-order valence-corrected chi connectivity index (χ4v) is 2.82. The monoisotopic (exact) mass is 331 g/mol. The van der Waals surface area contributed by atoms with Crippen LogP contribution in [-0.2, 0) is 6.54 Å². The molecule has 0 spiro atoms. The van der Waals surface area contributed by atoms with Gasteiger partial charge in [-0.2, -0.15) is 5.10 Å². The van der Waals surface area contributed by atoms with E-state index in [9.17, 15) is 0 Å². The van der Waals surface area contributed by atoms with Crippen molar-refractivity contribution in [2.45, 2.75) is 6.54 Å². The minimum atomic E-state index is 0.504. The van der Waals surface area contributed by atoms with Gasteiger partial charge in [-0.25, -0.2) is 4.68 Å². The van der Waals surface area contributed by atoms with E-state index in [0.717, 1.165) is 28.0 Å². The molecular formula is C18H13N5S. The van der Waals surface area contributed by atoms with Crippen LogP contribution in [0.4, 0.5) is 0 Å². The molecule has 24 heavy (non-hydrogen) atoms. The van der Waals surface area contributed by atoms with Crippen LogP contribution in [0.2, 0.25) is 0 Å². The van der Waals surface area contributed by atoms with Crippen molar-refractivity contribution >= 4 is 23.1 Å². The van der Waals surface area contributed by atoms with Gasteiger partial charge >= 0.3 is 0 Å². The molecule has 0 atom stereocenters. The zero-order valence-electron chi connectivity index (χ0n) is 12.7. The number of hydrogen-bond donors (Lipinski definition) is 0. The maximum Gasteiger partial charge on any atom is 0.136 e. The number of pyridine rings is 3. The Morgan fingerprint density at radius 2 is 1.62 bits per heavy atom. The number of fused-ring (bicyclic) bond motifs is 1. The maximum absolute atomic E-state index is 5.61. The molecule has 0 saturated heterocycles. The Bertz CT molecular complexity index is 1050. The van der Waals surface area contributed by atoms with E-state index in [1.165, 1.54) is 0 Å². The van der Waals surface area contributed by atoms with Crippen LogP contribution in [0.1, 0.15) is 5.69 Å². The lowest BCUT2D eigenvalue weighted by Crippen LogP contribution is -2.10. The number of aromatic nitrogens is 5. The van der Waals surface area contributed by atoms with E-state index in [1.807, 2.05) is 48.5 Å². The van der Waals surface area contributed by atoms with Gasteiger partial charge in [-0.1, -0.05) is 24.4 Å². The molecule has 0 N–H and O–H groups in total. The molecule has 116 valence electrons. The summed E-state index contributed by atoms with van der Waals surface area (Å²) in [5.41, 5.74) is 3.15. The molecule has 0 fully saturated rings. The molecule has 4 aromatic heterocycles. The zero-order valence-corrected chi connectivity index (χ0v) is 13.5. The first kappa shape index (κ1) is 14.6. The molecular weight excluding hydrogens is 318 g/mol. The average molecular weight is 331 g/mol. The van der Waals surface area contributed by atoms with Crippen molar-refractivity contribution in [3.05, 3.63) is 77.5 Å². The fraction of sp³-hybridized carbons (Fsp3) is 0.0556. The summed E-state index contributed by atoms with van der Waals surface area (Å²) in [5.74, 6) is 0. The second kappa shape index (κ2) is 6.25. The van der Waals surface area contributed by atoms with E-state index in [1.54, 1.807) is 23.3 Å². The lowest BCUT2D eigenvalue weighted by molar-refractivity contribution is 0.652. The van der Waals surface area contributed by atoms with Gasteiger partial charge in [-0.05, 0) is 36.4 Å². The predicted molar refractivity (Wildman–Crippen MR) is 94.9 cm³/mol. The van der Waals surface area contributed by atoms with Gasteiger partial charge in [-0.3, -0.25) is 15.0 Å². The van der Waals surface area contributed by atoms with E-state index >= 15 is 0 Å². The molecule has 5 nitrogen and oxygen atoms in total. The molecule has 0 amide bonds. The SMILES string of the molecule is S=c1c2cccnc2c(-c2ccccn2)nn1Cc1ccccn1. The van der Waals surface area contributed by atoms with Gasteiger partial charge in [0.05, 0.1) is 17.9 Å². The Labute approximate surface area is 143 Å². The van der Waals surface area contributed by atoms with Crippen molar-refractivity contribution < 1.29 is 0 Å². The summed E-state index contributed by atoms with van der Waals surface area (Å²) in [6.45, 7) is 0.504. The van der Waals surface area contributed by atoms with Crippen molar-refractivity contribution in [2.75, 3.05) is 0 Å². The average Bonchev–Trinajstić information content (AvgIpc) is 2.66. The molecule has 0 aromatic carbocycles.